The summed E-state index contributed by atoms with van der Waals surface area (Å²) in [5.74, 6) is -0.609. The highest BCUT2D eigenvalue weighted by Gasteiger charge is 2.30. The first-order valence-electron chi connectivity index (χ1n) is 4.39. The Kier molecular flexibility index (Phi) is 3.37. The van der Waals surface area contributed by atoms with Gasteiger partial charge < -0.3 is 5.11 Å². The normalized spacial score (nSPS) is 12.0. The van der Waals surface area contributed by atoms with E-state index in [4.69, 9.17) is 0 Å². The number of aromatic hydroxyl groups is 1. The zero-order chi connectivity index (χ0) is 12.3. The highest BCUT2D eigenvalue weighted by molar-refractivity contribution is 5.91. The van der Waals surface area contributed by atoms with Gasteiger partial charge in [0.15, 0.2) is 5.78 Å². The van der Waals surface area contributed by atoms with Gasteiger partial charge in [0.25, 0.3) is 0 Å². The third kappa shape index (κ3) is 3.12. The number of halogens is 3. The minimum Gasteiger partial charge on any atom is -0.507 e. The Morgan fingerprint density at radius 2 is 2.00 bits per heavy atom. The fourth-order valence-corrected chi connectivity index (χ4v) is 1.07. The van der Waals surface area contributed by atoms with Crippen molar-refractivity contribution in [1.29, 1.82) is 0 Å². The predicted molar refractivity (Wildman–Crippen MR) is 52.8 cm³/mol. The number of carbonyl (C=O) groups excluding carboxylic acids is 1. The second kappa shape index (κ2) is 4.38. The van der Waals surface area contributed by atoms with Crippen molar-refractivity contribution in [3.8, 4) is 5.75 Å². The first-order valence-corrected chi connectivity index (χ1v) is 4.39. The number of phenols is 1. The van der Waals surface area contributed by atoms with Crippen molar-refractivity contribution >= 4 is 11.9 Å². The van der Waals surface area contributed by atoms with Gasteiger partial charge in [0.2, 0.25) is 0 Å². The van der Waals surface area contributed by atoms with E-state index >= 15 is 0 Å². The molecule has 0 aliphatic carbocycles. The molecule has 0 aliphatic heterocycles. The Balaban J connectivity index is 3.14. The molecule has 0 radical (unpaired) electrons. The average molecular weight is 230 g/mol. The summed E-state index contributed by atoms with van der Waals surface area (Å²) in [6.07, 6.45) is -2.23. The lowest BCUT2D eigenvalue weighted by Gasteiger charge is -2.08. The van der Waals surface area contributed by atoms with E-state index in [0.717, 1.165) is 30.4 Å². The molecule has 0 unspecified atom stereocenters. The van der Waals surface area contributed by atoms with Crippen molar-refractivity contribution in [2.75, 3.05) is 0 Å². The summed E-state index contributed by atoms with van der Waals surface area (Å²) < 4.78 is 37.0. The van der Waals surface area contributed by atoms with Gasteiger partial charge in [-0.3, -0.25) is 4.79 Å². The average Bonchev–Trinajstić information content (AvgIpc) is 2.14. The Labute approximate surface area is 90.0 Å². The van der Waals surface area contributed by atoms with Crippen LogP contribution in [0.1, 0.15) is 18.1 Å². The van der Waals surface area contributed by atoms with Crippen LogP contribution in [0.5, 0.6) is 5.75 Å². The summed E-state index contributed by atoms with van der Waals surface area (Å²) in [5, 5.41) is 9.28. The van der Waals surface area contributed by atoms with Crippen LogP contribution in [-0.2, 0) is 11.0 Å². The Morgan fingerprint density at radius 1 is 1.38 bits per heavy atom. The molecule has 86 valence electrons. The predicted octanol–water partition coefficient (Wildman–Crippen LogP) is 3.01. The molecule has 0 fully saturated rings. The van der Waals surface area contributed by atoms with Crippen LogP contribution in [0.4, 0.5) is 13.2 Å². The van der Waals surface area contributed by atoms with E-state index in [1.54, 1.807) is 0 Å². The molecule has 1 N–H and O–H groups in total. The van der Waals surface area contributed by atoms with Crippen LogP contribution >= 0.6 is 0 Å². The van der Waals surface area contributed by atoms with Gasteiger partial charge in [-0.25, -0.2) is 0 Å². The fourth-order valence-electron chi connectivity index (χ4n) is 1.07. The van der Waals surface area contributed by atoms with Crippen molar-refractivity contribution in [2.24, 2.45) is 0 Å². The van der Waals surface area contributed by atoms with Crippen LogP contribution in [-0.4, -0.2) is 10.9 Å². The minimum absolute atomic E-state index is 0.0370. The van der Waals surface area contributed by atoms with Crippen LogP contribution in [0.2, 0.25) is 0 Å². The summed E-state index contributed by atoms with van der Waals surface area (Å²) in [6.45, 7) is 1.27. The maximum atomic E-state index is 12.3. The first-order chi connectivity index (χ1) is 7.30. The molecule has 1 aromatic carbocycles. The molecule has 2 nitrogen and oxygen atoms in total. The van der Waals surface area contributed by atoms with Crippen LogP contribution in [0.25, 0.3) is 6.08 Å². The molecule has 0 aliphatic rings. The van der Waals surface area contributed by atoms with Gasteiger partial charge in [-0.15, -0.1) is 0 Å². The van der Waals surface area contributed by atoms with Crippen LogP contribution < -0.4 is 0 Å². The van der Waals surface area contributed by atoms with Crippen LogP contribution in [0, 0.1) is 0 Å². The summed E-state index contributed by atoms with van der Waals surface area (Å²) in [4.78, 5) is 10.6. The molecular formula is C11H9F3O2. The molecule has 5 heteroatoms. The van der Waals surface area contributed by atoms with Gasteiger partial charge >= 0.3 is 6.18 Å². The monoisotopic (exact) mass is 230 g/mol. The van der Waals surface area contributed by atoms with Crippen molar-refractivity contribution in [2.45, 2.75) is 13.1 Å². The first kappa shape index (κ1) is 12.3. The Hall–Kier alpha value is -1.78. The third-order valence-corrected chi connectivity index (χ3v) is 1.85. The van der Waals surface area contributed by atoms with Gasteiger partial charge in [-0.05, 0) is 37.3 Å². The molecule has 0 saturated heterocycles. The molecule has 0 spiro atoms. The number of benzene rings is 1. The van der Waals surface area contributed by atoms with Gasteiger partial charge in [0.05, 0.1) is 5.56 Å². The molecule has 16 heavy (non-hydrogen) atoms. The molecule has 0 aromatic heterocycles. The van der Waals surface area contributed by atoms with E-state index < -0.39 is 11.7 Å². The lowest BCUT2D eigenvalue weighted by atomic mass is 10.1. The highest BCUT2D eigenvalue weighted by atomic mass is 19.4. The zero-order valence-electron chi connectivity index (χ0n) is 8.38. The number of alkyl halides is 3. The topological polar surface area (TPSA) is 37.3 Å². The van der Waals surface area contributed by atoms with Crippen molar-refractivity contribution in [1.82, 2.24) is 0 Å². The zero-order valence-corrected chi connectivity index (χ0v) is 8.38. The molecule has 0 heterocycles. The maximum Gasteiger partial charge on any atom is 0.416 e. The molecule has 1 aromatic rings. The number of hydrogen-bond donors (Lipinski definition) is 1. The number of carbonyl (C=O) groups is 1. The lowest BCUT2D eigenvalue weighted by molar-refractivity contribution is -0.137. The Bertz CT molecular complexity index is 433. The molecular weight excluding hydrogens is 221 g/mol. The molecule has 0 saturated carbocycles. The lowest BCUT2D eigenvalue weighted by Crippen LogP contribution is -2.04. The SMILES string of the molecule is CC(=O)/C=C/c1cc(C(F)(F)F)ccc1O. The van der Waals surface area contributed by atoms with E-state index in [1.807, 2.05) is 0 Å². The summed E-state index contributed by atoms with van der Waals surface area (Å²) >= 11 is 0. The summed E-state index contributed by atoms with van der Waals surface area (Å²) in [7, 11) is 0. The number of phenolic OH excluding ortho intramolecular Hbond substituents is 1. The number of ketones is 1. The minimum atomic E-state index is -4.47. The highest BCUT2D eigenvalue weighted by Crippen LogP contribution is 2.32. The van der Waals surface area contributed by atoms with Gasteiger partial charge in [0, 0.05) is 5.56 Å². The fraction of sp³-hybridized carbons (Fsp3) is 0.182. The van der Waals surface area contributed by atoms with Crippen molar-refractivity contribution < 1.29 is 23.1 Å². The van der Waals surface area contributed by atoms with E-state index in [9.17, 15) is 23.1 Å². The van der Waals surface area contributed by atoms with E-state index in [1.165, 1.54) is 6.92 Å². The number of rotatable bonds is 2. The molecule has 0 bridgehead atoms. The van der Waals surface area contributed by atoms with Crippen molar-refractivity contribution in [3.63, 3.8) is 0 Å². The smallest absolute Gasteiger partial charge is 0.416 e. The third-order valence-electron chi connectivity index (χ3n) is 1.85. The maximum absolute atomic E-state index is 12.3. The second-order valence-electron chi connectivity index (χ2n) is 3.22. The van der Waals surface area contributed by atoms with E-state index in [0.29, 0.717) is 0 Å². The molecule has 0 amide bonds. The summed E-state index contributed by atoms with van der Waals surface area (Å²) in [5.41, 5.74) is -0.904. The van der Waals surface area contributed by atoms with Crippen LogP contribution in [0.3, 0.4) is 0 Å². The van der Waals surface area contributed by atoms with Gasteiger partial charge in [-0.1, -0.05) is 0 Å². The largest absolute Gasteiger partial charge is 0.507 e. The quantitative estimate of drug-likeness (QED) is 0.793. The van der Waals surface area contributed by atoms with Crippen molar-refractivity contribution in [3.05, 3.63) is 35.4 Å². The molecule has 1 rings (SSSR count). The van der Waals surface area contributed by atoms with E-state index in [-0.39, 0.29) is 17.1 Å². The molecule has 0 atom stereocenters. The number of allylic oxidation sites excluding steroid dienone is 1. The Morgan fingerprint density at radius 3 is 2.50 bits per heavy atom. The second-order valence-corrected chi connectivity index (χ2v) is 3.22. The van der Waals surface area contributed by atoms with Gasteiger partial charge in [-0.2, -0.15) is 13.2 Å². The van der Waals surface area contributed by atoms with Crippen LogP contribution in [0.15, 0.2) is 24.3 Å². The standard InChI is InChI=1S/C11H9F3O2/c1-7(15)2-3-8-6-9(11(12,13)14)4-5-10(8)16/h2-6,16H,1H3/b3-2+. The van der Waals surface area contributed by atoms with Gasteiger partial charge in [0.1, 0.15) is 5.75 Å². The van der Waals surface area contributed by atoms with E-state index in [2.05, 4.69) is 0 Å². The number of hydrogen-bond acceptors (Lipinski definition) is 2. The summed E-state index contributed by atoms with van der Waals surface area (Å²) in [6, 6.07) is 2.51.